The molecule has 0 N–H and O–H groups in total. The first-order valence-electron chi connectivity index (χ1n) is 8.27. The Hall–Kier alpha value is -0.496. The molecule has 0 heterocycles. The molecule has 139 valence electrons. The number of fused-ring (bicyclic) bond motifs is 1. The average molecular weight is 438 g/mol. The molecule has 0 fully saturated rings. The number of halogens is 2. The van der Waals surface area contributed by atoms with Gasteiger partial charge in [-0.05, 0) is 0 Å². The number of benzene rings is 1. The van der Waals surface area contributed by atoms with Gasteiger partial charge < -0.3 is 0 Å². The zero-order valence-corrected chi connectivity index (χ0v) is 19.4. The molecule has 2 aliphatic rings. The Labute approximate surface area is 155 Å². The van der Waals surface area contributed by atoms with E-state index >= 15 is 0 Å². The number of rotatable bonds is 3. The van der Waals surface area contributed by atoms with Gasteiger partial charge in [0.25, 0.3) is 0 Å². The fourth-order valence-corrected chi connectivity index (χ4v) is 18.1. The van der Waals surface area contributed by atoms with Crippen LogP contribution in [0.5, 0.6) is 0 Å². The Morgan fingerprint density at radius 1 is 1.08 bits per heavy atom. The second-order valence-electron chi connectivity index (χ2n) is 12.4. The van der Waals surface area contributed by atoms with E-state index in [0.717, 1.165) is 15.0 Å². The van der Waals surface area contributed by atoms with Crippen LogP contribution in [0.3, 0.4) is 0 Å². The van der Waals surface area contributed by atoms with E-state index in [4.69, 9.17) is 4.82 Å². The summed E-state index contributed by atoms with van der Waals surface area (Å²) in [6.07, 6.45) is 10.8. The monoisotopic (exact) mass is 437 g/mol. The van der Waals surface area contributed by atoms with Gasteiger partial charge in [0.1, 0.15) is 0 Å². The third-order valence-corrected chi connectivity index (χ3v) is 34.2. The van der Waals surface area contributed by atoms with E-state index in [0.29, 0.717) is 6.42 Å². The molecule has 0 radical (unpaired) electrons. The van der Waals surface area contributed by atoms with Crippen LogP contribution < -0.4 is 0 Å². The van der Waals surface area contributed by atoms with Gasteiger partial charge in [-0.3, -0.25) is 0 Å². The summed E-state index contributed by atoms with van der Waals surface area (Å²) in [5.74, 6) is 0. The molecule has 1 atom stereocenters. The Bertz CT molecular complexity index is 1080. The summed E-state index contributed by atoms with van der Waals surface area (Å²) in [6, 6.07) is 8.07. The van der Waals surface area contributed by atoms with Gasteiger partial charge in [-0.1, -0.05) is 0 Å². The topological polar surface area (TPSA) is 34.1 Å². The van der Waals surface area contributed by atoms with Crippen molar-refractivity contribution in [1.82, 2.24) is 0 Å². The van der Waals surface area contributed by atoms with Gasteiger partial charge >= 0.3 is 131 Å². The van der Waals surface area contributed by atoms with Gasteiger partial charge in [0.15, 0.2) is 0 Å². The Morgan fingerprint density at radius 2 is 1.68 bits per heavy atom. The van der Waals surface area contributed by atoms with Crippen LogP contribution in [-0.4, -0.2) is 4.82 Å². The molecule has 0 saturated heterocycles. The average Bonchev–Trinajstić information content (AvgIpc) is 3.09. The fourth-order valence-electron chi connectivity index (χ4n) is 4.61. The fraction of sp³-hybridized carbons (Fsp3) is 0.316. The first kappa shape index (κ1) is 22.5. The van der Waals surface area contributed by atoms with E-state index in [1.54, 1.807) is 0 Å². The van der Waals surface area contributed by atoms with Crippen molar-refractivity contribution in [2.45, 2.75) is 31.6 Å². The van der Waals surface area contributed by atoms with Crippen molar-refractivity contribution in [2.24, 2.45) is 0 Å². The second kappa shape index (κ2) is 4.32. The van der Waals surface area contributed by atoms with Crippen LogP contribution in [0.1, 0.15) is 21.8 Å². The van der Waals surface area contributed by atoms with Crippen molar-refractivity contribution in [3.8, 4) is 0 Å². The van der Waals surface area contributed by atoms with Crippen molar-refractivity contribution in [1.29, 1.82) is 0 Å². The predicted octanol–water partition coefficient (Wildman–Crippen LogP) is 7.45. The first-order valence-corrected chi connectivity index (χ1v) is 20.6. The molecule has 0 aliphatic heterocycles. The third kappa shape index (κ3) is 2.32. The first-order chi connectivity index (χ1) is 10.2. The van der Waals surface area contributed by atoms with Crippen LogP contribution in [0.4, 0.5) is 0 Å². The van der Waals surface area contributed by atoms with Crippen molar-refractivity contribution >= 4 is 41.4 Å². The normalized spacial score (nSPS) is 24.3. The maximum absolute atomic E-state index is 13.2. The molecule has 2 aliphatic carbocycles. The third-order valence-electron chi connectivity index (χ3n) is 7.23. The molecule has 2 nitrogen and oxygen atoms in total. The van der Waals surface area contributed by atoms with Crippen LogP contribution >= 0.6 is 30.5 Å². The SMILES string of the molecule is Cl.Cl.[CH2]=[Ti]([CH3])([CH3])([CH3])([CH3])([C]1=CC=CC1)([CH]1C=Cc2ccccc21)[P](=O)=O. The second-order valence-corrected chi connectivity index (χ2v) is 53.5. The van der Waals surface area contributed by atoms with Gasteiger partial charge in [0.05, 0.1) is 0 Å². The molecule has 0 aromatic heterocycles. The molecule has 1 unspecified atom stereocenters. The summed E-state index contributed by atoms with van der Waals surface area (Å²) < 4.78 is 27.2. The maximum atomic E-state index is 13.2. The quantitative estimate of drug-likeness (QED) is 0.363. The van der Waals surface area contributed by atoms with Crippen molar-refractivity contribution in [3.63, 3.8) is 0 Å². The van der Waals surface area contributed by atoms with E-state index in [-0.39, 0.29) is 29.0 Å². The number of allylic oxidation sites excluding steroid dienone is 5. The molecule has 0 saturated carbocycles. The van der Waals surface area contributed by atoms with Gasteiger partial charge in [0, 0.05) is 0 Å². The molecule has 25 heavy (non-hydrogen) atoms. The number of hydrogen-bond donors (Lipinski definition) is 0. The van der Waals surface area contributed by atoms with Crippen molar-refractivity contribution < 1.29 is 19.6 Å². The summed E-state index contributed by atoms with van der Waals surface area (Å²) in [5.41, 5.74) is -0.655. The van der Waals surface area contributed by atoms with E-state index in [1.807, 2.05) is 57.3 Å². The van der Waals surface area contributed by atoms with Crippen LogP contribution in [0.15, 0.2) is 52.4 Å². The minimum atomic E-state index is -5.92. The summed E-state index contributed by atoms with van der Waals surface area (Å²) in [6.45, 7) is 0. The van der Waals surface area contributed by atoms with Gasteiger partial charge in [0.2, 0.25) is 0 Å². The molecule has 1 aromatic carbocycles. The van der Waals surface area contributed by atoms with Crippen molar-refractivity contribution in [3.05, 3.63) is 63.6 Å². The Morgan fingerprint density at radius 3 is 2.20 bits per heavy atom. The molecule has 0 bridgehead atoms. The van der Waals surface area contributed by atoms with E-state index < -0.39 is 16.2 Å². The van der Waals surface area contributed by atoms with E-state index in [2.05, 4.69) is 18.2 Å². The minimum absolute atomic E-state index is 0. The summed E-state index contributed by atoms with van der Waals surface area (Å²) >= 11 is 0. The zero-order chi connectivity index (χ0) is 17.3. The summed E-state index contributed by atoms with van der Waals surface area (Å²) in [5, 5.41) is 7.92. The summed E-state index contributed by atoms with van der Waals surface area (Å²) in [4.78, 5) is 4.77. The standard InChI is InChI=1S/C9H7.C5H5.4CH3.CH2.2ClH.O2P.Ti/c1-2-5-9-7-3-6-8(9)4-1;1-2-4-5-3-1;;;;;;;;1-3-2;/h1-7H;1-3H,4H2;4*1H3;1H2;2*1H;;. The molecular weight excluding hydrogens is 410 g/mol. The molecule has 0 amide bonds. The molecular formula is C19H28Cl2O2PTi. The van der Waals surface area contributed by atoms with Crippen LogP contribution in [0, 0.1) is 0 Å². The summed E-state index contributed by atoms with van der Waals surface area (Å²) in [7, 11) is -5.92. The van der Waals surface area contributed by atoms with Gasteiger partial charge in [-0.15, -0.1) is 24.8 Å². The number of hydrogen-bond acceptors (Lipinski definition) is 2. The van der Waals surface area contributed by atoms with Gasteiger partial charge in [-0.2, -0.15) is 0 Å². The Balaban J connectivity index is 0.00000156. The van der Waals surface area contributed by atoms with E-state index in [1.165, 1.54) is 0 Å². The van der Waals surface area contributed by atoms with Gasteiger partial charge in [-0.25, -0.2) is 0 Å². The molecule has 0 spiro atoms. The molecule has 6 heteroatoms. The molecule has 3 rings (SSSR count). The Kier molecular flexibility index (Phi) is 3.89. The van der Waals surface area contributed by atoms with Crippen LogP contribution in [-0.2, 0) is 19.6 Å². The molecule has 1 aromatic rings. The predicted molar refractivity (Wildman–Crippen MR) is 113 cm³/mol. The zero-order valence-electron chi connectivity index (χ0n) is 15.3. The van der Waals surface area contributed by atoms with Crippen LogP contribution in [0.25, 0.3) is 6.08 Å². The van der Waals surface area contributed by atoms with E-state index in [9.17, 15) is 9.13 Å². The van der Waals surface area contributed by atoms with Crippen LogP contribution in [0.2, 0.25) is 20.9 Å². The van der Waals surface area contributed by atoms with Crippen molar-refractivity contribution in [2.75, 3.05) is 0 Å².